The van der Waals surface area contributed by atoms with Crippen molar-refractivity contribution < 1.29 is 23.9 Å². The van der Waals surface area contributed by atoms with Gasteiger partial charge in [0.1, 0.15) is 23.9 Å². The van der Waals surface area contributed by atoms with E-state index in [0.29, 0.717) is 22.6 Å². The normalized spacial score (nSPS) is 11.2. The molecule has 176 valence electrons. The molecule has 0 aromatic heterocycles. The van der Waals surface area contributed by atoms with Gasteiger partial charge in [-0.25, -0.2) is 4.79 Å². The van der Waals surface area contributed by atoms with Crippen LogP contribution in [0.4, 0.5) is 10.5 Å². The maximum Gasteiger partial charge on any atom is 0.408 e. The standard InChI is InChI=1S/C26H27N3O5/c1-7-18-9-11-19(12-10-18)23(24(31)28-20-13-15-21(33-6)16-14-20)29(8-2)22(30)17-27-25(32)34-26(3,4)5/h1-2,9-16,23H,17H2,3-6H3,(H,27,32)(H,28,31). The molecule has 2 aromatic carbocycles. The third-order valence-corrected chi connectivity index (χ3v) is 4.45. The first-order valence-corrected chi connectivity index (χ1v) is 10.3. The molecule has 3 amide bonds. The average molecular weight is 462 g/mol. The van der Waals surface area contributed by atoms with E-state index in [-0.39, 0.29) is 0 Å². The van der Waals surface area contributed by atoms with Gasteiger partial charge in [0.25, 0.3) is 11.8 Å². The van der Waals surface area contributed by atoms with Crippen LogP contribution in [0.5, 0.6) is 5.75 Å². The molecule has 8 nitrogen and oxygen atoms in total. The number of ether oxygens (including phenoxy) is 2. The summed E-state index contributed by atoms with van der Waals surface area (Å²) < 4.78 is 10.3. The predicted molar refractivity (Wildman–Crippen MR) is 129 cm³/mol. The van der Waals surface area contributed by atoms with Gasteiger partial charge in [-0.3, -0.25) is 14.5 Å². The molecule has 8 heteroatoms. The third-order valence-electron chi connectivity index (χ3n) is 4.45. The summed E-state index contributed by atoms with van der Waals surface area (Å²) in [5, 5.41) is 5.11. The molecule has 0 saturated heterocycles. The van der Waals surface area contributed by atoms with Crippen LogP contribution in [0.1, 0.15) is 37.9 Å². The van der Waals surface area contributed by atoms with Crippen molar-refractivity contribution in [3.63, 3.8) is 0 Å². The fourth-order valence-corrected chi connectivity index (χ4v) is 2.90. The largest absolute Gasteiger partial charge is 0.497 e. The predicted octanol–water partition coefficient (Wildman–Crippen LogP) is 3.30. The lowest BCUT2D eigenvalue weighted by Crippen LogP contribution is -2.44. The van der Waals surface area contributed by atoms with Crippen molar-refractivity contribution in [1.82, 2.24) is 10.2 Å². The van der Waals surface area contributed by atoms with Gasteiger partial charge in [-0.1, -0.05) is 24.5 Å². The number of amides is 3. The zero-order valence-corrected chi connectivity index (χ0v) is 19.5. The lowest BCUT2D eigenvalue weighted by Gasteiger charge is -2.27. The SMILES string of the molecule is C#Cc1ccc(C(C(=O)Nc2ccc(OC)cc2)N(C#C)C(=O)CNC(=O)OC(C)(C)C)cc1. The van der Waals surface area contributed by atoms with Crippen molar-refractivity contribution in [2.45, 2.75) is 32.4 Å². The molecular formula is C26H27N3O5. The minimum atomic E-state index is -1.19. The highest BCUT2D eigenvalue weighted by atomic mass is 16.6. The van der Waals surface area contributed by atoms with Gasteiger partial charge in [-0.2, -0.15) is 0 Å². The molecule has 0 aliphatic heterocycles. The van der Waals surface area contributed by atoms with Crippen molar-refractivity contribution in [3.8, 4) is 30.6 Å². The molecular weight excluding hydrogens is 434 g/mol. The molecule has 2 aromatic rings. The average Bonchev–Trinajstić information content (AvgIpc) is 2.80. The topological polar surface area (TPSA) is 97.0 Å². The maximum absolute atomic E-state index is 13.3. The highest BCUT2D eigenvalue weighted by Crippen LogP contribution is 2.24. The Kier molecular flexibility index (Phi) is 8.69. The van der Waals surface area contributed by atoms with E-state index in [4.69, 9.17) is 22.3 Å². The van der Waals surface area contributed by atoms with E-state index < -0.39 is 36.1 Å². The van der Waals surface area contributed by atoms with E-state index in [1.807, 2.05) is 0 Å². The maximum atomic E-state index is 13.3. The van der Waals surface area contributed by atoms with Crippen LogP contribution < -0.4 is 15.4 Å². The summed E-state index contributed by atoms with van der Waals surface area (Å²) in [6, 6.07) is 14.3. The Balaban J connectivity index is 2.29. The van der Waals surface area contributed by atoms with Crippen LogP contribution in [-0.2, 0) is 14.3 Å². The van der Waals surface area contributed by atoms with Crippen molar-refractivity contribution in [1.29, 1.82) is 0 Å². The number of nitrogens with zero attached hydrogens (tertiary/aromatic N) is 1. The highest BCUT2D eigenvalue weighted by molar-refractivity contribution is 5.99. The lowest BCUT2D eigenvalue weighted by atomic mass is 10.0. The molecule has 0 fully saturated rings. The number of rotatable bonds is 7. The molecule has 0 aliphatic rings. The van der Waals surface area contributed by atoms with Gasteiger partial charge < -0.3 is 20.1 Å². The highest BCUT2D eigenvalue weighted by Gasteiger charge is 2.31. The Hall–Kier alpha value is -4.43. The smallest absolute Gasteiger partial charge is 0.408 e. The van der Waals surface area contributed by atoms with Crippen LogP contribution in [0.3, 0.4) is 0 Å². The summed E-state index contributed by atoms with van der Waals surface area (Å²) in [7, 11) is 1.53. The molecule has 0 heterocycles. The second-order valence-electron chi connectivity index (χ2n) is 8.13. The van der Waals surface area contributed by atoms with Gasteiger partial charge in [0.2, 0.25) is 0 Å². The van der Waals surface area contributed by atoms with Gasteiger partial charge in [-0.15, -0.1) is 6.42 Å². The van der Waals surface area contributed by atoms with Gasteiger partial charge in [0.05, 0.1) is 7.11 Å². The fourth-order valence-electron chi connectivity index (χ4n) is 2.90. The van der Waals surface area contributed by atoms with E-state index in [1.165, 1.54) is 7.11 Å². The van der Waals surface area contributed by atoms with E-state index >= 15 is 0 Å². The number of benzene rings is 2. The molecule has 2 N–H and O–H groups in total. The molecule has 0 radical (unpaired) electrons. The summed E-state index contributed by atoms with van der Waals surface area (Å²) >= 11 is 0. The zero-order chi connectivity index (χ0) is 25.3. The van der Waals surface area contributed by atoms with Crippen LogP contribution in [-0.4, -0.2) is 42.1 Å². The number of anilines is 1. The number of alkyl carbamates (subject to hydrolysis) is 1. The van der Waals surface area contributed by atoms with Gasteiger partial charge in [0, 0.05) is 17.3 Å². The van der Waals surface area contributed by atoms with Gasteiger partial charge >= 0.3 is 6.09 Å². The zero-order valence-electron chi connectivity index (χ0n) is 19.5. The number of terminal acetylenes is 2. The fraction of sp³-hybridized carbons (Fsp3) is 0.269. The second kappa shape index (κ2) is 11.4. The van der Waals surface area contributed by atoms with Crippen molar-refractivity contribution in [2.24, 2.45) is 0 Å². The Morgan fingerprint density at radius 1 is 1.03 bits per heavy atom. The summed E-state index contributed by atoms with van der Waals surface area (Å²) in [5.74, 6) is 1.88. The Labute approximate surface area is 199 Å². The number of nitrogens with one attached hydrogen (secondary N) is 2. The minimum Gasteiger partial charge on any atom is -0.497 e. The number of methoxy groups -OCH3 is 1. The van der Waals surface area contributed by atoms with Crippen molar-refractivity contribution >= 4 is 23.6 Å². The first-order valence-electron chi connectivity index (χ1n) is 10.3. The first-order chi connectivity index (χ1) is 16.1. The molecule has 1 unspecified atom stereocenters. The number of carbonyl (C=O) groups is 3. The molecule has 34 heavy (non-hydrogen) atoms. The Morgan fingerprint density at radius 2 is 1.65 bits per heavy atom. The van der Waals surface area contributed by atoms with E-state index in [2.05, 4.69) is 22.6 Å². The summed E-state index contributed by atoms with van der Waals surface area (Å²) in [4.78, 5) is 39.0. The van der Waals surface area contributed by atoms with Crippen LogP contribution in [0.25, 0.3) is 0 Å². The van der Waals surface area contributed by atoms with Gasteiger partial charge in [-0.05, 0) is 62.7 Å². The van der Waals surface area contributed by atoms with Crippen molar-refractivity contribution in [2.75, 3.05) is 19.0 Å². The minimum absolute atomic E-state index is 0.438. The quantitative estimate of drug-likeness (QED) is 0.487. The first kappa shape index (κ1) is 25.8. The van der Waals surface area contributed by atoms with Gasteiger partial charge in [0.15, 0.2) is 0 Å². The molecule has 0 saturated carbocycles. The number of carbonyl (C=O) groups excluding carboxylic acids is 3. The van der Waals surface area contributed by atoms with Crippen LogP contribution >= 0.6 is 0 Å². The Bertz CT molecular complexity index is 1100. The molecule has 1 atom stereocenters. The second-order valence-corrected chi connectivity index (χ2v) is 8.13. The lowest BCUT2D eigenvalue weighted by molar-refractivity contribution is -0.134. The Morgan fingerprint density at radius 3 is 2.15 bits per heavy atom. The van der Waals surface area contributed by atoms with E-state index in [0.717, 1.165) is 4.90 Å². The number of hydrogen-bond acceptors (Lipinski definition) is 5. The third kappa shape index (κ3) is 7.32. The molecule has 0 spiro atoms. The van der Waals surface area contributed by atoms with Crippen LogP contribution in [0.2, 0.25) is 0 Å². The van der Waals surface area contributed by atoms with E-state index in [1.54, 1.807) is 69.3 Å². The van der Waals surface area contributed by atoms with E-state index in [9.17, 15) is 14.4 Å². The summed E-state index contributed by atoms with van der Waals surface area (Å²) in [6.07, 6.45) is 10.3. The molecule has 0 bridgehead atoms. The monoisotopic (exact) mass is 461 g/mol. The van der Waals surface area contributed by atoms with Crippen molar-refractivity contribution in [3.05, 3.63) is 59.7 Å². The number of hydrogen-bond donors (Lipinski definition) is 2. The van der Waals surface area contributed by atoms with Crippen LogP contribution in [0, 0.1) is 24.8 Å². The van der Waals surface area contributed by atoms with Crippen LogP contribution in [0.15, 0.2) is 48.5 Å². The molecule has 0 aliphatic carbocycles. The molecule has 2 rings (SSSR count). The summed E-state index contributed by atoms with van der Waals surface area (Å²) in [6.45, 7) is 4.62. The summed E-state index contributed by atoms with van der Waals surface area (Å²) in [5.41, 5.74) is 0.780.